The van der Waals surface area contributed by atoms with Gasteiger partial charge in [-0.1, -0.05) is 0 Å². The molecule has 0 unspecified atom stereocenters. The smallest absolute Gasteiger partial charge is 0.162 e. The van der Waals surface area contributed by atoms with Crippen molar-refractivity contribution in [2.45, 2.75) is 0 Å². The Morgan fingerprint density at radius 2 is 2.33 bits per heavy atom. The molecular formula is C9H7NO2. The SMILES string of the molecule is O=Cc1ccc2c(c1)C=CNO2. The summed E-state index contributed by atoms with van der Waals surface area (Å²) < 4.78 is 0. The molecule has 0 spiro atoms. The van der Waals surface area contributed by atoms with E-state index < -0.39 is 0 Å². The molecule has 1 heterocycles. The standard InChI is InChI=1S/C9H7NO2/c11-6-7-1-2-9-8(5-7)3-4-10-12-9/h1-6,10H. The molecule has 0 fully saturated rings. The number of carbonyl (C=O) groups is 1. The number of nitrogens with one attached hydrogen (secondary N) is 1. The second-order valence-corrected chi connectivity index (χ2v) is 2.47. The van der Waals surface area contributed by atoms with Crippen LogP contribution >= 0.6 is 0 Å². The molecule has 12 heavy (non-hydrogen) atoms. The van der Waals surface area contributed by atoms with Gasteiger partial charge in [-0.3, -0.25) is 4.79 Å². The quantitative estimate of drug-likeness (QED) is 0.632. The van der Waals surface area contributed by atoms with E-state index in [1.165, 1.54) is 0 Å². The minimum absolute atomic E-state index is 0.656. The molecule has 1 aliphatic rings. The second kappa shape index (κ2) is 2.70. The summed E-state index contributed by atoms with van der Waals surface area (Å²) in [6.45, 7) is 0. The van der Waals surface area contributed by atoms with E-state index in [9.17, 15) is 4.79 Å². The molecule has 0 aromatic heterocycles. The molecule has 3 nitrogen and oxygen atoms in total. The Balaban J connectivity index is 2.51. The lowest BCUT2D eigenvalue weighted by atomic mass is 10.1. The van der Waals surface area contributed by atoms with Gasteiger partial charge >= 0.3 is 0 Å². The van der Waals surface area contributed by atoms with E-state index in [1.54, 1.807) is 24.4 Å². The molecule has 0 aliphatic carbocycles. The van der Waals surface area contributed by atoms with Crippen molar-refractivity contribution in [1.82, 2.24) is 5.48 Å². The molecule has 3 heteroatoms. The fourth-order valence-corrected chi connectivity index (χ4v) is 1.08. The molecule has 0 saturated carbocycles. The molecule has 0 radical (unpaired) electrons. The Kier molecular flexibility index (Phi) is 1.55. The molecule has 1 aromatic carbocycles. The van der Waals surface area contributed by atoms with Gasteiger partial charge in [-0.05, 0) is 24.3 Å². The third-order valence-corrected chi connectivity index (χ3v) is 1.67. The fourth-order valence-electron chi connectivity index (χ4n) is 1.08. The Bertz CT molecular complexity index is 344. The highest BCUT2D eigenvalue weighted by molar-refractivity contribution is 5.77. The monoisotopic (exact) mass is 161 g/mol. The maximum Gasteiger partial charge on any atom is 0.162 e. The topological polar surface area (TPSA) is 38.3 Å². The van der Waals surface area contributed by atoms with E-state index in [4.69, 9.17) is 4.84 Å². The molecule has 1 aliphatic heterocycles. The van der Waals surface area contributed by atoms with Gasteiger partial charge in [0.2, 0.25) is 0 Å². The third kappa shape index (κ3) is 1.05. The van der Waals surface area contributed by atoms with Crippen LogP contribution in [0.5, 0.6) is 5.75 Å². The summed E-state index contributed by atoms with van der Waals surface area (Å²) >= 11 is 0. The highest BCUT2D eigenvalue weighted by atomic mass is 16.6. The zero-order chi connectivity index (χ0) is 8.39. The van der Waals surface area contributed by atoms with Gasteiger partial charge in [-0.15, -0.1) is 0 Å². The van der Waals surface area contributed by atoms with Gasteiger partial charge in [-0.25, -0.2) is 5.48 Å². The molecule has 1 aromatic rings. The van der Waals surface area contributed by atoms with Crippen LogP contribution in [-0.2, 0) is 0 Å². The first kappa shape index (κ1) is 6.91. The molecule has 0 atom stereocenters. The number of aldehydes is 1. The predicted molar refractivity (Wildman–Crippen MR) is 44.6 cm³/mol. The first-order valence-electron chi connectivity index (χ1n) is 3.58. The van der Waals surface area contributed by atoms with Gasteiger partial charge in [0.05, 0.1) is 0 Å². The zero-order valence-electron chi connectivity index (χ0n) is 6.28. The summed E-state index contributed by atoms with van der Waals surface area (Å²) in [5.74, 6) is 0.739. The van der Waals surface area contributed by atoms with Crippen LogP contribution in [0.15, 0.2) is 24.4 Å². The lowest BCUT2D eigenvalue weighted by Gasteiger charge is -2.12. The highest BCUT2D eigenvalue weighted by Crippen LogP contribution is 2.22. The number of benzene rings is 1. The Morgan fingerprint density at radius 1 is 1.42 bits per heavy atom. The normalized spacial score (nSPS) is 12.7. The maximum absolute atomic E-state index is 10.4. The molecule has 1 N–H and O–H groups in total. The number of hydrogen-bond donors (Lipinski definition) is 1. The Labute approximate surface area is 69.6 Å². The first-order valence-corrected chi connectivity index (χ1v) is 3.58. The summed E-state index contributed by atoms with van der Waals surface area (Å²) in [6, 6.07) is 5.25. The van der Waals surface area contributed by atoms with E-state index in [-0.39, 0.29) is 0 Å². The minimum Gasteiger partial charge on any atom is -0.382 e. The number of rotatable bonds is 1. The van der Waals surface area contributed by atoms with Gasteiger partial charge in [0.1, 0.15) is 6.29 Å². The highest BCUT2D eigenvalue weighted by Gasteiger charge is 2.05. The van der Waals surface area contributed by atoms with E-state index in [2.05, 4.69) is 5.48 Å². The Hall–Kier alpha value is -1.77. The molecule has 0 bridgehead atoms. The number of hydroxylamine groups is 1. The lowest BCUT2D eigenvalue weighted by molar-refractivity contribution is 0.112. The van der Waals surface area contributed by atoms with Crippen LogP contribution in [0.3, 0.4) is 0 Å². The number of fused-ring (bicyclic) bond motifs is 1. The van der Waals surface area contributed by atoms with Crippen molar-refractivity contribution >= 4 is 12.4 Å². The van der Waals surface area contributed by atoms with Crippen LogP contribution in [0.4, 0.5) is 0 Å². The largest absolute Gasteiger partial charge is 0.382 e. The van der Waals surface area contributed by atoms with E-state index in [1.807, 2.05) is 6.08 Å². The first-order chi connectivity index (χ1) is 5.90. The van der Waals surface area contributed by atoms with Gasteiger partial charge in [0.15, 0.2) is 5.75 Å². The van der Waals surface area contributed by atoms with Gasteiger partial charge < -0.3 is 4.84 Å². The van der Waals surface area contributed by atoms with Gasteiger partial charge in [0, 0.05) is 17.3 Å². The second-order valence-electron chi connectivity index (χ2n) is 2.47. The zero-order valence-corrected chi connectivity index (χ0v) is 6.28. The molecule has 2 rings (SSSR count). The molecule has 60 valence electrons. The van der Waals surface area contributed by atoms with E-state index in [0.717, 1.165) is 17.6 Å². The minimum atomic E-state index is 0.656. The van der Waals surface area contributed by atoms with Crippen molar-refractivity contribution in [3.05, 3.63) is 35.5 Å². The third-order valence-electron chi connectivity index (χ3n) is 1.67. The molecule has 0 amide bonds. The van der Waals surface area contributed by atoms with Crippen LogP contribution in [0.2, 0.25) is 0 Å². The summed E-state index contributed by atoms with van der Waals surface area (Å²) in [5, 5.41) is 0. The van der Waals surface area contributed by atoms with Crippen molar-refractivity contribution < 1.29 is 9.63 Å². The fraction of sp³-hybridized carbons (Fsp3) is 0. The molecule has 0 saturated heterocycles. The van der Waals surface area contributed by atoms with Crippen molar-refractivity contribution in [1.29, 1.82) is 0 Å². The van der Waals surface area contributed by atoms with Gasteiger partial charge in [-0.2, -0.15) is 0 Å². The average Bonchev–Trinajstić information content (AvgIpc) is 2.17. The lowest BCUT2D eigenvalue weighted by Crippen LogP contribution is -2.14. The summed E-state index contributed by atoms with van der Waals surface area (Å²) in [5.41, 5.74) is 4.18. The van der Waals surface area contributed by atoms with Crippen molar-refractivity contribution in [3.8, 4) is 5.75 Å². The summed E-state index contributed by atoms with van der Waals surface area (Å²) in [4.78, 5) is 15.5. The van der Waals surface area contributed by atoms with E-state index in [0.29, 0.717) is 5.56 Å². The van der Waals surface area contributed by atoms with Crippen LogP contribution in [-0.4, -0.2) is 6.29 Å². The van der Waals surface area contributed by atoms with Gasteiger partial charge in [0.25, 0.3) is 0 Å². The molecular weight excluding hydrogens is 154 g/mol. The number of carbonyl (C=O) groups excluding carboxylic acids is 1. The van der Waals surface area contributed by atoms with Crippen LogP contribution in [0, 0.1) is 0 Å². The van der Waals surface area contributed by atoms with Crippen LogP contribution in [0.25, 0.3) is 6.08 Å². The maximum atomic E-state index is 10.4. The van der Waals surface area contributed by atoms with Crippen molar-refractivity contribution in [2.24, 2.45) is 0 Å². The average molecular weight is 161 g/mol. The summed E-state index contributed by atoms with van der Waals surface area (Å²) in [7, 11) is 0. The van der Waals surface area contributed by atoms with Crippen molar-refractivity contribution in [3.63, 3.8) is 0 Å². The predicted octanol–water partition coefficient (Wildman–Crippen LogP) is 1.37. The van der Waals surface area contributed by atoms with E-state index >= 15 is 0 Å². The van der Waals surface area contributed by atoms with Crippen LogP contribution < -0.4 is 10.3 Å². The van der Waals surface area contributed by atoms with Crippen LogP contribution in [0.1, 0.15) is 15.9 Å². The Morgan fingerprint density at radius 3 is 3.17 bits per heavy atom. The summed E-state index contributed by atoms with van der Waals surface area (Å²) in [6.07, 6.45) is 4.35. The number of hydrogen-bond acceptors (Lipinski definition) is 3. The van der Waals surface area contributed by atoms with Crippen molar-refractivity contribution in [2.75, 3.05) is 0 Å².